The van der Waals surface area contributed by atoms with Crippen LogP contribution in [0.25, 0.3) is 0 Å². The molecule has 0 aromatic heterocycles. The Kier molecular flexibility index (Phi) is 11.7. The molecule has 2 rings (SSSR count). The summed E-state index contributed by atoms with van der Waals surface area (Å²) in [6.07, 6.45) is 13.9. The minimum absolute atomic E-state index is 0. The summed E-state index contributed by atoms with van der Waals surface area (Å²) in [7, 11) is 2.36. The summed E-state index contributed by atoms with van der Waals surface area (Å²) in [6.45, 7) is 3.46. The summed E-state index contributed by atoms with van der Waals surface area (Å²) in [5.74, 6) is 0. The second-order valence-electron chi connectivity index (χ2n) is 7.77. The maximum absolute atomic E-state index is 2.36. The van der Waals surface area contributed by atoms with Crippen LogP contribution < -0.4 is 4.48 Å². The van der Waals surface area contributed by atoms with Crippen molar-refractivity contribution in [2.45, 2.75) is 71.1 Å². The minimum Gasteiger partial charge on any atom is -0.870 e. The zero-order valence-electron chi connectivity index (χ0n) is 17.4. The minimum atomic E-state index is 0. The van der Waals surface area contributed by atoms with Gasteiger partial charge in [-0.2, -0.15) is 0 Å². The van der Waals surface area contributed by atoms with Crippen molar-refractivity contribution in [2.24, 2.45) is 0 Å². The lowest BCUT2D eigenvalue weighted by Crippen LogP contribution is -2.40. The van der Waals surface area contributed by atoms with E-state index in [0.717, 1.165) is 4.48 Å². The first kappa shape index (κ1) is 23.4. The van der Waals surface area contributed by atoms with Crippen molar-refractivity contribution in [1.29, 1.82) is 0 Å². The Morgan fingerprint density at radius 3 is 1.33 bits per heavy atom. The van der Waals surface area contributed by atoms with E-state index in [0.29, 0.717) is 0 Å². The number of hydrogen-bond donors (Lipinski definition) is 0. The molecule has 0 saturated heterocycles. The SMILES string of the molecule is CCCCCCCCCCCC[N+](C)(c1ccccc1)c1ccccc1.[OH-]. The number of unbranched alkanes of at least 4 members (excludes halogenated alkanes) is 9. The summed E-state index contributed by atoms with van der Waals surface area (Å²) in [5, 5.41) is 0. The molecule has 0 aliphatic heterocycles. The summed E-state index contributed by atoms with van der Waals surface area (Å²) in [4.78, 5) is 0. The summed E-state index contributed by atoms with van der Waals surface area (Å²) in [6, 6.07) is 21.9. The smallest absolute Gasteiger partial charge is 0.137 e. The maximum atomic E-state index is 2.36. The molecule has 1 N–H and O–H groups in total. The highest BCUT2D eigenvalue weighted by molar-refractivity contribution is 5.57. The number of rotatable bonds is 13. The van der Waals surface area contributed by atoms with E-state index in [9.17, 15) is 0 Å². The highest BCUT2D eigenvalue weighted by atomic mass is 16.0. The van der Waals surface area contributed by atoms with Gasteiger partial charge < -0.3 is 5.48 Å². The van der Waals surface area contributed by atoms with E-state index < -0.39 is 0 Å². The van der Waals surface area contributed by atoms with Crippen LogP contribution in [-0.2, 0) is 0 Å². The molecule has 0 bridgehead atoms. The average molecular weight is 370 g/mol. The lowest BCUT2D eigenvalue weighted by atomic mass is 10.1. The van der Waals surface area contributed by atoms with Gasteiger partial charge >= 0.3 is 0 Å². The van der Waals surface area contributed by atoms with Crippen molar-refractivity contribution in [2.75, 3.05) is 13.6 Å². The fourth-order valence-electron chi connectivity index (χ4n) is 3.84. The Morgan fingerprint density at radius 2 is 0.926 bits per heavy atom. The Hall–Kier alpha value is -1.64. The first-order chi connectivity index (χ1) is 12.8. The predicted octanol–water partition coefficient (Wildman–Crippen LogP) is 7.70. The van der Waals surface area contributed by atoms with Crippen LogP contribution in [0, 0.1) is 0 Å². The third-order valence-electron chi connectivity index (χ3n) is 5.61. The van der Waals surface area contributed by atoms with E-state index in [4.69, 9.17) is 0 Å². The number of para-hydroxylation sites is 2. The standard InChI is InChI=1S/C25H38N.H2O/c1-3-4-5-6-7-8-9-10-11-18-23-26(2,24-19-14-12-15-20-24)25-21-16-13-17-22-25;/h12-17,19-22H,3-11,18,23H2,1-2H3;1H2/q+1;/p-1. The van der Waals surface area contributed by atoms with Gasteiger partial charge in [-0.15, -0.1) is 0 Å². The average Bonchev–Trinajstić information content (AvgIpc) is 2.70. The van der Waals surface area contributed by atoms with Crippen molar-refractivity contribution in [3.05, 3.63) is 60.7 Å². The molecule has 2 nitrogen and oxygen atoms in total. The lowest BCUT2D eigenvalue weighted by Gasteiger charge is -2.33. The molecule has 0 radical (unpaired) electrons. The van der Waals surface area contributed by atoms with Gasteiger partial charge in [-0.3, -0.25) is 4.48 Å². The highest BCUT2D eigenvalue weighted by Crippen LogP contribution is 2.32. The molecule has 0 amide bonds. The predicted molar refractivity (Wildman–Crippen MR) is 119 cm³/mol. The molecule has 2 aromatic carbocycles. The van der Waals surface area contributed by atoms with Crippen LogP contribution in [0.5, 0.6) is 0 Å². The van der Waals surface area contributed by atoms with Crippen molar-refractivity contribution < 1.29 is 5.48 Å². The van der Waals surface area contributed by atoms with E-state index in [-0.39, 0.29) is 5.48 Å². The van der Waals surface area contributed by atoms with Gasteiger partial charge in [0, 0.05) is 0 Å². The molecule has 0 aliphatic carbocycles. The van der Waals surface area contributed by atoms with Gasteiger partial charge in [-0.1, -0.05) is 94.7 Å². The first-order valence-electron chi connectivity index (χ1n) is 10.7. The van der Waals surface area contributed by atoms with Crippen LogP contribution in [0.1, 0.15) is 71.1 Å². The Labute approximate surface area is 167 Å². The van der Waals surface area contributed by atoms with Crippen molar-refractivity contribution in [3.8, 4) is 0 Å². The normalized spacial score (nSPS) is 11.2. The van der Waals surface area contributed by atoms with Gasteiger partial charge in [0.1, 0.15) is 11.4 Å². The molecular weight excluding hydrogens is 330 g/mol. The third kappa shape index (κ3) is 7.86. The monoisotopic (exact) mass is 369 g/mol. The molecule has 0 atom stereocenters. The van der Waals surface area contributed by atoms with Gasteiger partial charge in [0.25, 0.3) is 0 Å². The lowest BCUT2D eigenvalue weighted by molar-refractivity contribution is 0.429. The third-order valence-corrected chi connectivity index (χ3v) is 5.61. The molecule has 27 heavy (non-hydrogen) atoms. The van der Waals surface area contributed by atoms with Gasteiger partial charge in [0.2, 0.25) is 0 Å². The molecule has 2 heteroatoms. The van der Waals surface area contributed by atoms with E-state index in [1.54, 1.807) is 0 Å². The number of benzene rings is 2. The van der Waals surface area contributed by atoms with Crippen LogP contribution in [0.2, 0.25) is 0 Å². The van der Waals surface area contributed by atoms with E-state index in [1.165, 1.54) is 82.1 Å². The Balaban J connectivity index is 0.00000364. The van der Waals surface area contributed by atoms with Crippen LogP contribution in [0.15, 0.2) is 60.7 Å². The summed E-state index contributed by atoms with van der Waals surface area (Å²) >= 11 is 0. The molecule has 0 spiro atoms. The zero-order valence-corrected chi connectivity index (χ0v) is 17.4. The van der Waals surface area contributed by atoms with Crippen LogP contribution >= 0.6 is 0 Å². The first-order valence-corrected chi connectivity index (χ1v) is 10.7. The Morgan fingerprint density at radius 1 is 0.556 bits per heavy atom. The van der Waals surface area contributed by atoms with Crippen LogP contribution in [0.4, 0.5) is 11.4 Å². The molecule has 0 heterocycles. The van der Waals surface area contributed by atoms with Crippen LogP contribution in [0.3, 0.4) is 0 Å². The van der Waals surface area contributed by atoms with Gasteiger partial charge in [0.15, 0.2) is 0 Å². The Bertz CT molecular complexity index is 542. The van der Waals surface area contributed by atoms with E-state index in [1.807, 2.05) is 0 Å². The van der Waals surface area contributed by atoms with E-state index in [2.05, 4.69) is 74.6 Å². The van der Waals surface area contributed by atoms with Crippen molar-refractivity contribution in [1.82, 2.24) is 4.48 Å². The quantitative estimate of drug-likeness (QED) is 0.263. The molecule has 0 fully saturated rings. The molecule has 0 unspecified atom stereocenters. The molecule has 0 aliphatic rings. The van der Waals surface area contributed by atoms with Crippen molar-refractivity contribution in [3.63, 3.8) is 0 Å². The van der Waals surface area contributed by atoms with Crippen molar-refractivity contribution >= 4 is 11.4 Å². The molecular formula is C25H39NO. The summed E-state index contributed by atoms with van der Waals surface area (Å²) in [5.41, 5.74) is 2.77. The second-order valence-corrected chi connectivity index (χ2v) is 7.77. The topological polar surface area (TPSA) is 30.0 Å². The van der Waals surface area contributed by atoms with Crippen LogP contribution in [-0.4, -0.2) is 19.1 Å². The highest BCUT2D eigenvalue weighted by Gasteiger charge is 2.27. The van der Waals surface area contributed by atoms with E-state index >= 15 is 0 Å². The second kappa shape index (κ2) is 13.5. The van der Waals surface area contributed by atoms with Gasteiger partial charge in [-0.05, 0) is 37.1 Å². The largest absolute Gasteiger partial charge is 0.870 e. The molecule has 150 valence electrons. The fourth-order valence-corrected chi connectivity index (χ4v) is 3.84. The summed E-state index contributed by atoms with van der Waals surface area (Å²) < 4.78 is 0.901. The van der Waals surface area contributed by atoms with Gasteiger partial charge in [0.05, 0.1) is 13.6 Å². The fraction of sp³-hybridized carbons (Fsp3) is 0.520. The zero-order chi connectivity index (χ0) is 18.5. The number of nitrogens with zero attached hydrogens (tertiary/aromatic N) is 1. The van der Waals surface area contributed by atoms with Gasteiger partial charge in [-0.25, -0.2) is 0 Å². The molecule has 0 saturated carbocycles. The maximum Gasteiger partial charge on any atom is 0.137 e. The molecule has 2 aromatic rings. The number of quaternary nitrogens is 1. The number of hydrogen-bond acceptors (Lipinski definition) is 1.